The highest BCUT2D eigenvalue weighted by molar-refractivity contribution is 5.28. The van der Waals surface area contributed by atoms with E-state index < -0.39 is 0 Å². The number of allylic oxidation sites excluding steroid dienone is 7. The average molecular weight is 119 g/mol. The van der Waals surface area contributed by atoms with E-state index in [4.69, 9.17) is 5.73 Å². The monoisotopic (exact) mass is 119 g/mol. The molecule has 1 rings (SSSR count). The first-order valence-electron chi connectivity index (χ1n) is 2.87. The number of nitrogens with two attached hydrogens (primary N) is 1. The molecule has 0 unspecified atom stereocenters. The molecule has 2 N–H and O–H groups in total. The minimum Gasteiger partial charge on any atom is -0.399 e. The molecule has 1 nitrogen and oxygen atoms in total. The molecule has 0 aromatic rings. The van der Waals surface area contributed by atoms with Gasteiger partial charge in [-0.3, -0.25) is 0 Å². The summed E-state index contributed by atoms with van der Waals surface area (Å²) in [5.74, 6) is 0. The van der Waals surface area contributed by atoms with Crippen LogP contribution in [-0.2, 0) is 0 Å². The van der Waals surface area contributed by atoms with Gasteiger partial charge in [0.15, 0.2) is 0 Å². The summed E-state index contributed by atoms with van der Waals surface area (Å²) in [7, 11) is 0. The molecule has 46 valence electrons. The summed E-state index contributed by atoms with van der Waals surface area (Å²) in [5.41, 5.74) is 6.28. The number of hydrogen-bond acceptors (Lipinski definition) is 1. The van der Waals surface area contributed by atoms with E-state index in [0.29, 0.717) is 0 Å². The maximum absolute atomic E-state index is 5.49. The van der Waals surface area contributed by atoms with Gasteiger partial charge in [-0.15, -0.1) is 0 Å². The molecule has 0 aliphatic heterocycles. The second-order valence-corrected chi connectivity index (χ2v) is 1.80. The van der Waals surface area contributed by atoms with Gasteiger partial charge in [-0.25, -0.2) is 0 Å². The van der Waals surface area contributed by atoms with E-state index in [-0.39, 0.29) is 0 Å². The Morgan fingerprint density at radius 2 is 1.56 bits per heavy atom. The van der Waals surface area contributed by atoms with Crippen molar-refractivity contribution in [1.82, 2.24) is 0 Å². The fourth-order valence-corrected chi connectivity index (χ4v) is 0.581. The minimum atomic E-state index is 0.788. The van der Waals surface area contributed by atoms with Gasteiger partial charge in [0.25, 0.3) is 0 Å². The van der Waals surface area contributed by atoms with Crippen molar-refractivity contribution in [2.24, 2.45) is 5.73 Å². The Morgan fingerprint density at radius 1 is 0.889 bits per heavy atom. The molecule has 0 radical (unpaired) electrons. The van der Waals surface area contributed by atoms with Gasteiger partial charge in [-0.1, -0.05) is 30.4 Å². The van der Waals surface area contributed by atoms with E-state index in [1.807, 2.05) is 42.5 Å². The third kappa shape index (κ3) is 2.00. The smallest absolute Gasteiger partial charge is 0.0313 e. The topological polar surface area (TPSA) is 26.0 Å². The van der Waals surface area contributed by atoms with Crippen LogP contribution in [0.15, 0.2) is 48.2 Å². The third-order valence-electron chi connectivity index (χ3n) is 1.02. The first kappa shape index (κ1) is 5.89. The molecular formula is C8H9N. The van der Waals surface area contributed by atoms with Crippen molar-refractivity contribution in [3.05, 3.63) is 48.2 Å². The Balaban J connectivity index is 2.77. The van der Waals surface area contributed by atoms with Gasteiger partial charge in [-0.2, -0.15) is 0 Å². The van der Waals surface area contributed by atoms with Crippen molar-refractivity contribution in [1.29, 1.82) is 0 Å². The molecule has 0 saturated heterocycles. The lowest BCUT2D eigenvalue weighted by molar-refractivity contribution is 1.42. The van der Waals surface area contributed by atoms with Crippen LogP contribution in [0.4, 0.5) is 0 Å². The largest absolute Gasteiger partial charge is 0.399 e. The van der Waals surface area contributed by atoms with Crippen molar-refractivity contribution in [3.63, 3.8) is 0 Å². The lowest BCUT2D eigenvalue weighted by Gasteiger charge is -1.88. The van der Waals surface area contributed by atoms with E-state index in [1.54, 1.807) is 0 Å². The maximum Gasteiger partial charge on any atom is 0.0313 e. The van der Waals surface area contributed by atoms with Crippen LogP contribution < -0.4 is 5.73 Å². The highest BCUT2D eigenvalue weighted by Gasteiger charge is 1.77. The van der Waals surface area contributed by atoms with Crippen LogP contribution in [0.1, 0.15) is 0 Å². The van der Waals surface area contributed by atoms with Crippen LogP contribution in [0.25, 0.3) is 0 Å². The third-order valence-corrected chi connectivity index (χ3v) is 1.02. The normalized spacial score (nSPS) is 33.1. The minimum absolute atomic E-state index is 0.788. The molecule has 0 atom stereocenters. The van der Waals surface area contributed by atoms with Gasteiger partial charge < -0.3 is 5.73 Å². The average Bonchev–Trinajstić information content (AvgIpc) is 1.79. The van der Waals surface area contributed by atoms with E-state index >= 15 is 0 Å². The first-order valence-corrected chi connectivity index (χ1v) is 2.87. The summed E-state index contributed by atoms with van der Waals surface area (Å²) in [6, 6.07) is 0. The summed E-state index contributed by atoms with van der Waals surface area (Å²) in [5, 5.41) is 0. The molecule has 1 aliphatic rings. The Hall–Kier alpha value is -1.24. The van der Waals surface area contributed by atoms with Gasteiger partial charge in [0, 0.05) is 5.70 Å². The zero-order valence-electron chi connectivity index (χ0n) is 5.12. The molecule has 9 heavy (non-hydrogen) atoms. The van der Waals surface area contributed by atoms with Crippen LogP contribution in [-0.4, -0.2) is 0 Å². The standard InChI is InChI=1S/C8H9N/c9-8-6-4-2-1-3-5-7-8/h1-7H,9H2/b2-1-,3-1?,4-2?,5-3+,6-4-,7-5?,8-6?,8-7-. The summed E-state index contributed by atoms with van der Waals surface area (Å²) in [4.78, 5) is 0. The predicted octanol–water partition coefficient (Wildman–Crippen LogP) is 1.51. The van der Waals surface area contributed by atoms with Crippen LogP contribution in [0, 0.1) is 0 Å². The van der Waals surface area contributed by atoms with Gasteiger partial charge >= 0.3 is 0 Å². The molecule has 0 fully saturated rings. The van der Waals surface area contributed by atoms with E-state index in [9.17, 15) is 0 Å². The van der Waals surface area contributed by atoms with Crippen LogP contribution in [0.5, 0.6) is 0 Å². The Kier molecular flexibility index (Phi) is 1.91. The lowest BCUT2D eigenvalue weighted by Crippen LogP contribution is -1.90. The van der Waals surface area contributed by atoms with E-state index in [2.05, 4.69) is 0 Å². The van der Waals surface area contributed by atoms with E-state index in [1.165, 1.54) is 0 Å². The van der Waals surface area contributed by atoms with Gasteiger partial charge in [-0.05, 0) is 12.2 Å². The van der Waals surface area contributed by atoms with Crippen LogP contribution >= 0.6 is 0 Å². The van der Waals surface area contributed by atoms with Crippen molar-refractivity contribution in [3.8, 4) is 0 Å². The lowest BCUT2D eigenvalue weighted by atomic mass is 10.3. The molecule has 0 bridgehead atoms. The van der Waals surface area contributed by atoms with Crippen molar-refractivity contribution >= 4 is 0 Å². The first-order chi connectivity index (χ1) is 4.39. The Labute approximate surface area is 54.9 Å². The van der Waals surface area contributed by atoms with Crippen molar-refractivity contribution < 1.29 is 0 Å². The predicted molar refractivity (Wildman–Crippen MR) is 39.7 cm³/mol. The maximum atomic E-state index is 5.49. The van der Waals surface area contributed by atoms with Crippen LogP contribution in [0.3, 0.4) is 0 Å². The summed E-state index contributed by atoms with van der Waals surface area (Å²) >= 11 is 0. The number of hydrogen-bond donors (Lipinski definition) is 1. The Morgan fingerprint density at radius 3 is 2.44 bits per heavy atom. The summed E-state index contributed by atoms with van der Waals surface area (Å²) in [6.07, 6.45) is 13.4. The summed E-state index contributed by atoms with van der Waals surface area (Å²) in [6.45, 7) is 0. The molecule has 0 heterocycles. The number of rotatable bonds is 0. The molecular weight excluding hydrogens is 110 g/mol. The zero-order chi connectivity index (χ0) is 6.53. The molecule has 0 aromatic carbocycles. The molecule has 0 spiro atoms. The fourth-order valence-electron chi connectivity index (χ4n) is 0.581. The second-order valence-electron chi connectivity index (χ2n) is 1.80. The van der Waals surface area contributed by atoms with Gasteiger partial charge in [0.1, 0.15) is 0 Å². The van der Waals surface area contributed by atoms with Crippen molar-refractivity contribution in [2.75, 3.05) is 0 Å². The SMILES string of the molecule is NC1=C\C=C\C=C/C=C\1. The second kappa shape index (κ2) is 2.92. The highest BCUT2D eigenvalue weighted by Crippen LogP contribution is 1.92. The van der Waals surface area contributed by atoms with E-state index in [0.717, 1.165) is 5.70 Å². The quantitative estimate of drug-likeness (QED) is 0.514. The van der Waals surface area contributed by atoms with Crippen molar-refractivity contribution in [2.45, 2.75) is 0 Å². The zero-order valence-corrected chi connectivity index (χ0v) is 5.12. The molecule has 0 saturated carbocycles. The fraction of sp³-hybridized carbons (Fsp3) is 0. The van der Waals surface area contributed by atoms with Crippen LogP contribution in [0.2, 0.25) is 0 Å². The highest BCUT2D eigenvalue weighted by atomic mass is 14.5. The molecule has 0 aromatic heterocycles. The van der Waals surface area contributed by atoms with Gasteiger partial charge in [0.05, 0.1) is 0 Å². The summed E-state index contributed by atoms with van der Waals surface area (Å²) < 4.78 is 0. The molecule has 0 amide bonds. The van der Waals surface area contributed by atoms with Gasteiger partial charge in [0.2, 0.25) is 0 Å². The molecule has 1 aliphatic carbocycles. The molecule has 1 heteroatoms. The Bertz CT molecular complexity index is 195.